The predicted molar refractivity (Wildman–Crippen MR) is 109 cm³/mol. The number of hydrogen-bond acceptors (Lipinski definition) is 6. The molecule has 1 heterocycles. The Hall–Kier alpha value is -2.78. The highest BCUT2D eigenvalue weighted by Gasteiger charge is 2.35. The van der Waals surface area contributed by atoms with Gasteiger partial charge in [0, 0.05) is 5.69 Å². The minimum absolute atomic E-state index is 0.0927. The Balaban J connectivity index is 1.87. The van der Waals surface area contributed by atoms with Crippen LogP contribution in [0, 0.1) is 6.92 Å². The molecule has 0 aliphatic carbocycles. The van der Waals surface area contributed by atoms with Crippen LogP contribution in [0.15, 0.2) is 36.4 Å². The summed E-state index contributed by atoms with van der Waals surface area (Å²) >= 11 is 5.98. The van der Waals surface area contributed by atoms with Crippen LogP contribution in [0.3, 0.4) is 0 Å². The van der Waals surface area contributed by atoms with E-state index in [1.54, 1.807) is 18.2 Å². The van der Waals surface area contributed by atoms with Crippen molar-refractivity contribution < 1.29 is 27.5 Å². The van der Waals surface area contributed by atoms with E-state index in [1.165, 1.54) is 25.3 Å². The normalized spacial score (nSPS) is 15.9. The Morgan fingerprint density at radius 3 is 2.62 bits per heavy atom. The van der Waals surface area contributed by atoms with Gasteiger partial charge in [0.15, 0.2) is 6.10 Å². The number of esters is 1. The van der Waals surface area contributed by atoms with Crippen molar-refractivity contribution in [1.82, 2.24) is 0 Å². The molecule has 10 heteroatoms. The van der Waals surface area contributed by atoms with E-state index in [0.717, 1.165) is 16.1 Å². The number of ether oxygens (including phenoxy) is 2. The fourth-order valence-electron chi connectivity index (χ4n) is 2.90. The average Bonchev–Trinajstić information content (AvgIpc) is 2.67. The standard InChI is InChI=1S/C19H19ClN2O6S/c1-11-4-7-16-15(8-11)22(29(3,25)26)10-17(28-16)18(23)21-12-5-6-14(20)13(9-12)19(24)27-2/h4-9,17H,10H2,1-3H3,(H,21,23)/t17-/m0/s1. The molecule has 1 amide bonds. The van der Waals surface area contributed by atoms with Crippen LogP contribution in [0.1, 0.15) is 15.9 Å². The molecular formula is C19H19ClN2O6S. The lowest BCUT2D eigenvalue weighted by molar-refractivity contribution is -0.122. The molecule has 1 N–H and O–H groups in total. The second kappa shape index (κ2) is 7.92. The molecule has 2 aromatic carbocycles. The highest BCUT2D eigenvalue weighted by molar-refractivity contribution is 7.92. The van der Waals surface area contributed by atoms with Crippen molar-refractivity contribution in [3.63, 3.8) is 0 Å². The number of fused-ring (bicyclic) bond motifs is 1. The average molecular weight is 439 g/mol. The number of carbonyl (C=O) groups is 2. The highest BCUT2D eigenvalue weighted by Crippen LogP contribution is 2.36. The second-order valence-corrected chi connectivity index (χ2v) is 8.86. The number of nitrogens with one attached hydrogen (secondary N) is 1. The molecule has 0 saturated carbocycles. The summed E-state index contributed by atoms with van der Waals surface area (Å²) in [4.78, 5) is 24.5. The first-order valence-corrected chi connectivity index (χ1v) is 10.8. The second-order valence-electron chi connectivity index (χ2n) is 6.55. The monoisotopic (exact) mass is 438 g/mol. The topological polar surface area (TPSA) is 102 Å². The number of carbonyl (C=O) groups excluding carboxylic acids is 2. The quantitative estimate of drug-likeness (QED) is 0.736. The Morgan fingerprint density at radius 2 is 1.97 bits per heavy atom. The molecule has 0 bridgehead atoms. The van der Waals surface area contributed by atoms with Crippen LogP contribution in [0.2, 0.25) is 5.02 Å². The third-order valence-corrected chi connectivity index (χ3v) is 5.79. The highest BCUT2D eigenvalue weighted by atomic mass is 35.5. The van der Waals surface area contributed by atoms with Crippen molar-refractivity contribution in [1.29, 1.82) is 0 Å². The minimum atomic E-state index is -3.63. The molecule has 2 aromatic rings. The lowest BCUT2D eigenvalue weighted by Gasteiger charge is -2.34. The number of hydrogen-bond donors (Lipinski definition) is 1. The van der Waals surface area contributed by atoms with E-state index in [9.17, 15) is 18.0 Å². The number of halogens is 1. The molecular weight excluding hydrogens is 420 g/mol. The molecule has 0 fully saturated rings. The zero-order chi connectivity index (χ0) is 21.3. The first-order valence-electron chi connectivity index (χ1n) is 8.54. The van der Waals surface area contributed by atoms with Crippen LogP contribution in [0.25, 0.3) is 0 Å². The van der Waals surface area contributed by atoms with Gasteiger partial charge < -0.3 is 14.8 Å². The fourth-order valence-corrected chi connectivity index (χ4v) is 4.00. The molecule has 0 unspecified atom stereocenters. The fraction of sp³-hybridized carbons (Fsp3) is 0.263. The predicted octanol–water partition coefficient (Wildman–Crippen LogP) is 2.60. The summed E-state index contributed by atoms with van der Waals surface area (Å²) in [5.74, 6) is -0.922. The van der Waals surface area contributed by atoms with Gasteiger partial charge in [-0.3, -0.25) is 9.10 Å². The number of aryl methyl sites for hydroxylation is 1. The van der Waals surface area contributed by atoms with Crippen molar-refractivity contribution in [2.75, 3.05) is 29.5 Å². The van der Waals surface area contributed by atoms with Gasteiger partial charge in [-0.15, -0.1) is 0 Å². The molecule has 0 saturated heterocycles. The van der Waals surface area contributed by atoms with Crippen LogP contribution >= 0.6 is 11.6 Å². The summed E-state index contributed by atoms with van der Waals surface area (Å²) in [5.41, 5.74) is 1.63. The first kappa shape index (κ1) is 20.9. The van der Waals surface area contributed by atoms with Crippen molar-refractivity contribution in [3.05, 3.63) is 52.5 Å². The van der Waals surface area contributed by atoms with Gasteiger partial charge in [-0.25, -0.2) is 13.2 Å². The van der Waals surface area contributed by atoms with Gasteiger partial charge in [0.1, 0.15) is 5.75 Å². The maximum Gasteiger partial charge on any atom is 0.339 e. The van der Waals surface area contributed by atoms with Gasteiger partial charge in [0.2, 0.25) is 10.0 Å². The maximum absolute atomic E-state index is 12.7. The molecule has 0 radical (unpaired) electrons. The summed E-state index contributed by atoms with van der Waals surface area (Å²) in [7, 11) is -2.41. The third kappa shape index (κ3) is 4.46. The zero-order valence-electron chi connectivity index (χ0n) is 15.9. The summed E-state index contributed by atoms with van der Waals surface area (Å²) in [6.07, 6.45) is -0.0153. The van der Waals surface area contributed by atoms with Gasteiger partial charge in [0.25, 0.3) is 5.91 Å². The van der Waals surface area contributed by atoms with E-state index in [4.69, 9.17) is 16.3 Å². The van der Waals surface area contributed by atoms with Crippen LogP contribution in [0.5, 0.6) is 5.75 Å². The van der Waals surface area contributed by atoms with Crippen LogP contribution in [0.4, 0.5) is 11.4 Å². The van der Waals surface area contributed by atoms with Gasteiger partial charge >= 0.3 is 5.97 Å². The van der Waals surface area contributed by atoms with E-state index >= 15 is 0 Å². The summed E-state index contributed by atoms with van der Waals surface area (Å²) in [6.45, 7) is 1.65. The van der Waals surface area contributed by atoms with E-state index in [1.807, 2.05) is 6.92 Å². The SMILES string of the molecule is COC(=O)c1cc(NC(=O)[C@@H]2CN(S(C)(=O)=O)c3cc(C)ccc3O2)ccc1Cl. The van der Waals surface area contributed by atoms with Gasteiger partial charge in [0.05, 0.1) is 36.2 Å². The summed E-state index contributed by atoms with van der Waals surface area (Å²) < 4.78 is 36.0. The Labute approximate surface area is 173 Å². The number of anilines is 2. The smallest absolute Gasteiger partial charge is 0.339 e. The summed E-state index contributed by atoms with van der Waals surface area (Å²) in [6, 6.07) is 9.42. The Kier molecular flexibility index (Phi) is 5.72. The zero-order valence-corrected chi connectivity index (χ0v) is 17.5. The van der Waals surface area contributed by atoms with E-state index in [2.05, 4.69) is 10.1 Å². The van der Waals surface area contributed by atoms with Gasteiger partial charge in [-0.2, -0.15) is 0 Å². The molecule has 0 spiro atoms. The number of sulfonamides is 1. The third-order valence-electron chi connectivity index (χ3n) is 4.32. The lowest BCUT2D eigenvalue weighted by Crippen LogP contribution is -2.48. The molecule has 0 aromatic heterocycles. The van der Waals surface area contributed by atoms with E-state index < -0.39 is 28.0 Å². The minimum Gasteiger partial charge on any atom is -0.476 e. The molecule has 1 aliphatic rings. The number of benzene rings is 2. The molecule has 29 heavy (non-hydrogen) atoms. The largest absolute Gasteiger partial charge is 0.476 e. The van der Waals surface area contributed by atoms with Gasteiger partial charge in [-0.1, -0.05) is 17.7 Å². The molecule has 1 aliphatic heterocycles. The number of amides is 1. The van der Waals surface area contributed by atoms with E-state index in [0.29, 0.717) is 17.1 Å². The van der Waals surface area contributed by atoms with E-state index in [-0.39, 0.29) is 17.1 Å². The van der Waals surface area contributed by atoms with Crippen LogP contribution in [-0.2, 0) is 19.6 Å². The molecule has 154 valence electrons. The number of nitrogens with zero attached hydrogens (tertiary/aromatic N) is 1. The number of methoxy groups -OCH3 is 1. The molecule has 3 rings (SSSR count). The summed E-state index contributed by atoms with van der Waals surface area (Å²) in [5, 5.41) is 2.80. The first-order chi connectivity index (χ1) is 13.6. The van der Waals surface area contributed by atoms with Crippen LogP contribution < -0.4 is 14.4 Å². The Bertz CT molecular complexity index is 1090. The lowest BCUT2D eigenvalue weighted by atomic mass is 10.1. The van der Waals surface area contributed by atoms with Crippen molar-refractivity contribution in [3.8, 4) is 5.75 Å². The van der Waals surface area contributed by atoms with Crippen molar-refractivity contribution in [2.24, 2.45) is 0 Å². The Morgan fingerprint density at radius 1 is 1.24 bits per heavy atom. The number of rotatable bonds is 4. The molecule has 8 nitrogen and oxygen atoms in total. The maximum atomic E-state index is 12.7. The van der Waals surface area contributed by atoms with Crippen molar-refractivity contribution in [2.45, 2.75) is 13.0 Å². The molecule has 1 atom stereocenters. The van der Waals surface area contributed by atoms with Crippen molar-refractivity contribution >= 4 is 44.9 Å². The van der Waals surface area contributed by atoms with Crippen LogP contribution in [-0.4, -0.2) is 46.3 Å². The van der Waals surface area contributed by atoms with Gasteiger partial charge in [-0.05, 0) is 42.8 Å².